The van der Waals surface area contributed by atoms with Crippen molar-refractivity contribution in [2.75, 3.05) is 0 Å². The van der Waals surface area contributed by atoms with Gasteiger partial charge in [-0.15, -0.1) is 0 Å². The fraction of sp³-hybridized carbons (Fsp3) is 0.917. The lowest BCUT2D eigenvalue weighted by Crippen LogP contribution is -2.45. The molecule has 80 valence electrons. The zero-order valence-electron chi connectivity index (χ0n) is 9.18. The molecule has 0 spiro atoms. The van der Waals surface area contributed by atoms with Crippen molar-refractivity contribution in [2.24, 2.45) is 10.8 Å². The van der Waals surface area contributed by atoms with Gasteiger partial charge in [0.25, 0.3) is 0 Å². The fourth-order valence-electron chi connectivity index (χ4n) is 3.37. The van der Waals surface area contributed by atoms with E-state index in [1.54, 1.807) is 0 Å². The van der Waals surface area contributed by atoms with Crippen molar-refractivity contribution in [3.63, 3.8) is 0 Å². The van der Waals surface area contributed by atoms with E-state index in [1.165, 1.54) is 0 Å². The average Bonchev–Trinajstić information content (AvgIpc) is 2.31. The van der Waals surface area contributed by atoms with Gasteiger partial charge < -0.3 is 5.11 Å². The van der Waals surface area contributed by atoms with Gasteiger partial charge in [-0.1, -0.05) is 13.3 Å². The third kappa shape index (κ3) is 1.10. The molecule has 2 aliphatic rings. The Morgan fingerprint density at radius 3 is 2.71 bits per heavy atom. The first-order valence-electron chi connectivity index (χ1n) is 5.72. The van der Waals surface area contributed by atoms with Crippen LogP contribution >= 0.6 is 0 Å². The first-order chi connectivity index (χ1) is 6.51. The second-order valence-electron chi connectivity index (χ2n) is 5.45. The molecule has 2 heteroatoms. The Bertz CT molecular complexity index is 261. The fourth-order valence-corrected chi connectivity index (χ4v) is 3.37. The molecular formula is C12H20O2. The molecular weight excluding hydrogens is 176 g/mol. The molecule has 2 saturated carbocycles. The summed E-state index contributed by atoms with van der Waals surface area (Å²) in [5, 5.41) is 10.0. The predicted octanol–water partition coefficient (Wildman–Crippen LogP) is 2.30. The molecule has 1 N–H and O–H groups in total. The van der Waals surface area contributed by atoms with Crippen molar-refractivity contribution in [3.05, 3.63) is 0 Å². The van der Waals surface area contributed by atoms with Crippen LogP contribution in [0, 0.1) is 10.8 Å². The van der Waals surface area contributed by atoms with Crippen LogP contribution in [0.3, 0.4) is 0 Å². The lowest BCUT2D eigenvalue weighted by Gasteiger charge is -2.40. The van der Waals surface area contributed by atoms with E-state index in [9.17, 15) is 9.90 Å². The normalized spacial score (nSPS) is 48.8. The molecule has 0 heterocycles. The number of hydrogen-bond donors (Lipinski definition) is 1. The Kier molecular flexibility index (Phi) is 2.22. The van der Waals surface area contributed by atoms with Gasteiger partial charge in [-0.3, -0.25) is 4.79 Å². The van der Waals surface area contributed by atoms with Crippen LogP contribution in [-0.4, -0.2) is 17.0 Å². The van der Waals surface area contributed by atoms with Crippen molar-refractivity contribution in [1.29, 1.82) is 0 Å². The van der Waals surface area contributed by atoms with Crippen molar-refractivity contribution < 1.29 is 9.90 Å². The number of Topliss-reactive ketones (excluding diaryl/α,β-unsaturated/α-hetero) is 1. The summed E-state index contributed by atoms with van der Waals surface area (Å²) >= 11 is 0. The topological polar surface area (TPSA) is 37.3 Å². The summed E-state index contributed by atoms with van der Waals surface area (Å²) in [6.45, 7) is 4.17. The molecule has 0 saturated heterocycles. The Balaban J connectivity index is 2.41. The Labute approximate surface area is 85.7 Å². The van der Waals surface area contributed by atoms with Gasteiger partial charge in [0, 0.05) is 6.42 Å². The highest BCUT2D eigenvalue weighted by Gasteiger charge is 2.58. The molecule has 0 aromatic heterocycles. The molecule has 2 nitrogen and oxygen atoms in total. The molecule has 0 aromatic carbocycles. The Morgan fingerprint density at radius 1 is 1.29 bits per heavy atom. The second-order valence-corrected chi connectivity index (χ2v) is 5.45. The van der Waals surface area contributed by atoms with Crippen LogP contribution in [-0.2, 0) is 4.79 Å². The van der Waals surface area contributed by atoms with Crippen LogP contribution in [0.5, 0.6) is 0 Å². The molecule has 2 aliphatic carbocycles. The van der Waals surface area contributed by atoms with Crippen LogP contribution in [0.15, 0.2) is 0 Å². The van der Waals surface area contributed by atoms with E-state index in [4.69, 9.17) is 0 Å². The van der Waals surface area contributed by atoms with E-state index in [1.807, 2.05) is 6.92 Å². The number of aliphatic hydroxyl groups excluding tert-OH is 1. The highest BCUT2D eigenvalue weighted by Crippen LogP contribution is 2.57. The number of rotatable bonds is 0. The van der Waals surface area contributed by atoms with Crippen molar-refractivity contribution in [2.45, 2.75) is 58.5 Å². The van der Waals surface area contributed by atoms with Crippen LogP contribution in [0.4, 0.5) is 0 Å². The van der Waals surface area contributed by atoms with Crippen LogP contribution < -0.4 is 0 Å². The van der Waals surface area contributed by atoms with E-state index >= 15 is 0 Å². The monoisotopic (exact) mass is 196 g/mol. The molecule has 3 unspecified atom stereocenters. The lowest BCUT2D eigenvalue weighted by molar-refractivity contribution is -0.139. The Morgan fingerprint density at radius 2 is 2.00 bits per heavy atom. The maximum absolute atomic E-state index is 12.1. The number of carbonyl (C=O) groups excluding carboxylic acids is 1. The lowest BCUT2D eigenvalue weighted by atomic mass is 9.63. The number of hydrogen-bond acceptors (Lipinski definition) is 2. The summed E-state index contributed by atoms with van der Waals surface area (Å²) in [4.78, 5) is 12.1. The van der Waals surface area contributed by atoms with Crippen LogP contribution in [0.2, 0.25) is 0 Å². The summed E-state index contributed by atoms with van der Waals surface area (Å²) in [6.07, 6.45) is 5.34. The van der Waals surface area contributed by atoms with Crippen LogP contribution in [0.25, 0.3) is 0 Å². The largest absolute Gasteiger partial charge is 0.392 e. The van der Waals surface area contributed by atoms with Crippen molar-refractivity contribution in [1.82, 2.24) is 0 Å². The SMILES string of the molecule is CC12CCCCC(=O)C1(C)C(O)CC2. The van der Waals surface area contributed by atoms with Gasteiger partial charge in [-0.2, -0.15) is 0 Å². The number of carbonyl (C=O) groups is 1. The summed E-state index contributed by atoms with van der Waals surface area (Å²) in [5.74, 6) is 0.294. The third-order valence-electron chi connectivity index (χ3n) is 4.85. The average molecular weight is 196 g/mol. The molecule has 0 radical (unpaired) electrons. The summed E-state index contributed by atoms with van der Waals surface area (Å²) in [5.41, 5.74) is -0.399. The quantitative estimate of drug-likeness (QED) is 0.645. The van der Waals surface area contributed by atoms with Gasteiger partial charge in [0.2, 0.25) is 0 Å². The maximum atomic E-state index is 12.1. The van der Waals surface area contributed by atoms with Crippen LogP contribution in [0.1, 0.15) is 52.4 Å². The molecule has 0 aromatic rings. The molecule has 0 aliphatic heterocycles. The molecule has 2 rings (SSSR count). The van der Waals surface area contributed by atoms with Gasteiger partial charge in [0.1, 0.15) is 5.78 Å². The van der Waals surface area contributed by atoms with E-state index in [0.717, 1.165) is 32.1 Å². The van der Waals surface area contributed by atoms with E-state index in [0.29, 0.717) is 12.2 Å². The molecule has 3 atom stereocenters. The summed E-state index contributed by atoms with van der Waals surface area (Å²) in [6, 6.07) is 0. The van der Waals surface area contributed by atoms with E-state index in [2.05, 4.69) is 6.92 Å². The standard InChI is InChI=1S/C12H20O2/c1-11-7-4-3-5-9(13)12(11,2)10(14)6-8-11/h10,14H,3-8H2,1-2H3. The van der Waals surface area contributed by atoms with Gasteiger partial charge in [0.15, 0.2) is 0 Å². The zero-order chi connectivity index (χ0) is 10.4. The minimum atomic E-state index is -0.455. The number of aliphatic hydroxyl groups is 1. The van der Waals surface area contributed by atoms with Gasteiger partial charge in [-0.25, -0.2) is 0 Å². The van der Waals surface area contributed by atoms with E-state index < -0.39 is 11.5 Å². The highest BCUT2D eigenvalue weighted by atomic mass is 16.3. The van der Waals surface area contributed by atoms with E-state index in [-0.39, 0.29) is 5.41 Å². The minimum Gasteiger partial charge on any atom is -0.392 e. The first-order valence-corrected chi connectivity index (χ1v) is 5.72. The predicted molar refractivity (Wildman–Crippen MR) is 54.9 cm³/mol. The maximum Gasteiger partial charge on any atom is 0.141 e. The highest BCUT2D eigenvalue weighted by molar-refractivity contribution is 5.86. The van der Waals surface area contributed by atoms with Crippen molar-refractivity contribution >= 4 is 5.78 Å². The third-order valence-corrected chi connectivity index (χ3v) is 4.85. The molecule has 0 amide bonds. The van der Waals surface area contributed by atoms with Gasteiger partial charge in [0.05, 0.1) is 11.5 Å². The number of ketones is 1. The Hall–Kier alpha value is -0.370. The summed E-state index contributed by atoms with van der Waals surface area (Å²) in [7, 11) is 0. The van der Waals surface area contributed by atoms with Gasteiger partial charge in [-0.05, 0) is 38.0 Å². The van der Waals surface area contributed by atoms with Crippen molar-refractivity contribution in [3.8, 4) is 0 Å². The molecule has 14 heavy (non-hydrogen) atoms. The molecule has 2 fully saturated rings. The summed E-state index contributed by atoms with van der Waals surface area (Å²) < 4.78 is 0. The van der Waals surface area contributed by atoms with Gasteiger partial charge >= 0.3 is 0 Å². The molecule has 0 bridgehead atoms. The number of fused-ring (bicyclic) bond motifs is 1. The second kappa shape index (κ2) is 3.06. The first kappa shape index (κ1) is 10.2. The zero-order valence-corrected chi connectivity index (χ0v) is 9.18. The minimum absolute atomic E-state index is 0.0556. The smallest absolute Gasteiger partial charge is 0.141 e.